The van der Waals surface area contributed by atoms with E-state index < -0.39 is 18.0 Å². The predicted molar refractivity (Wildman–Crippen MR) is 57.1 cm³/mol. The van der Waals surface area contributed by atoms with Crippen LogP contribution >= 0.6 is 0 Å². The van der Waals surface area contributed by atoms with Crippen LogP contribution in [0.15, 0.2) is 0 Å². The fourth-order valence-corrected chi connectivity index (χ4v) is 1.93. The van der Waals surface area contributed by atoms with Gasteiger partial charge >= 0.3 is 6.09 Å². The van der Waals surface area contributed by atoms with Crippen molar-refractivity contribution in [2.24, 2.45) is 0 Å². The zero-order valence-corrected chi connectivity index (χ0v) is 9.32. The van der Waals surface area contributed by atoms with Gasteiger partial charge in [-0.25, -0.2) is 4.79 Å². The average molecular weight is 241 g/mol. The zero-order chi connectivity index (χ0) is 12.3. The fourth-order valence-electron chi connectivity index (χ4n) is 1.93. The molecule has 2 rings (SSSR count). The molecule has 2 atom stereocenters. The van der Waals surface area contributed by atoms with E-state index in [0.717, 1.165) is 19.4 Å². The van der Waals surface area contributed by atoms with Gasteiger partial charge in [-0.3, -0.25) is 14.9 Å². The van der Waals surface area contributed by atoms with Crippen molar-refractivity contribution in [2.75, 3.05) is 13.2 Å². The van der Waals surface area contributed by atoms with Crippen LogP contribution in [0, 0.1) is 0 Å². The van der Waals surface area contributed by atoms with E-state index in [2.05, 4.69) is 16.0 Å². The highest BCUT2D eigenvalue weighted by Crippen LogP contribution is 2.06. The number of amides is 3. The normalized spacial score (nSPS) is 28.0. The van der Waals surface area contributed by atoms with Crippen molar-refractivity contribution in [2.45, 2.75) is 31.3 Å². The van der Waals surface area contributed by atoms with Crippen molar-refractivity contribution >= 4 is 17.9 Å². The molecular formula is C10H15N3O4. The summed E-state index contributed by atoms with van der Waals surface area (Å²) < 4.78 is 4.97. The Balaban J connectivity index is 1.69. The van der Waals surface area contributed by atoms with Gasteiger partial charge in [-0.05, 0) is 19.4 Å². The number of carbonyl (C=O) groups is 3. The predicted octanol–water partition coefficient (Wildman–Crippen LogP) is -1.12. The molecule has 2 aliphatic rings. The van der Waals surface area contributed by atoms with Gasteiger partial charge in [-0.2, -0.15) is 0 Å². The molecule has 94 valence electrons. The Morgan fingerprint density at radius 1 is 1.47 bits per heavy atom. The van der Waals surface area contributed by atoms with Crippen LogP contribution in [0.3, 0.4) is 0 Å². The minimum Gasteiger partial charge on any atom is -0.448 e. The summed E-state index contributed by atoms with van der Waals surface area (Å²) in [7, 11) is 0. The molecule has 0 radical (unpaired) electrons. The summed E-state index contributed by atoms with van der Waals surface area (Å²) in [5.74, 6) is -0.858. The van der Waals surface area contributed by atoms with Gasteiger partial charge in [0.05, 0.1) is 6.42 Å². The third kappa shape index (κ3) is 3.16. The van der Waals surface area contributed by atoms with Crippen LogP contribution in [0.4, 0.5) is 4.79 Å². The van der Waals surface area contributed by atoms with Gasteiger partial charge in [0, 0.05) is 6.04 Å². The Bertz CT molecular complexity index is 338. The number of alkyl carbamates (subject to hydrolysis) is 1. The summed E-state index contributed by atoms with van der Waals surface area (Å²) in [5, 5.41) is 7.65. The second-order valence-electron chi connectivity index (χ2n) is 4.21. The van der Waals surface area contributed by atoms with Crippen LogP contribution in [0.1, 0.15) is 19.3 Å². The number of hydrogen-bond donors (Lipinski definition) is 3. The minimum atomic E-state index is -0.800. The van der Waals surface area contributed by atoms with E-state index in [0.29, 0.717) is 0 Å². The Kier molecular flexibility index (Phi) is 3.58. The second kappa shape index (κ2) is 5.13. The quantitative estimate of drug-likeness (QED) is 0.544. The van der Waals surface area contributed by atoms with Crippen LogP contribution < -0.4 is 16.0 Å². The molecule has 0 spiro atoms. The molecular weight excluding hydrogens is 226 g/mol. The first-order valence-electron chi connectivity index (χ1n) is 5.65. The van der Waals surface area contributed by atoms with Crippen molar-refractivity contribution in [1.29, 1.82) is 0 Å². The van der Waals surface area contributed by atoms with Crippen molar-refractivity contribution in [3.8, 4) is 0 Å². The molecule has 2 saturated heterocycles. The van der Waals surface area contributed by atoms with Gasteiger partial charge in [0.15, 0.2) is 0 Å². The molecule has 2 aliphatic heterocycles. The highest BCUT2D eigenvalue weighted by Gasteiger charge is 2.32. The van der Waals surface area contributed by atoms with E-state index in [1.807, 2.05) is 0 Å². The standard InChI is InChI=1S/C10H15N3O4/c14-8-4-7(9(15)13-8)12-10(16)17-5-6-2-1-3-11-6/h6-7,11H,1-5H2,(H,12,16)(H,13,14,15)/t6-,7-/m0/s1. The first-order chi connectivity index (χ1) is 8.15. The van der Waals surface area contributed by atoms with Gasteiger partial charge in [0.2, 0.25) is 11.8 Å². The lowest BCUT2D eigenvalue weighted by Crippen LogP contribution is -2.41. The summed E-state index contributed by atoms with van der Waals surface area (Å²) >= 11 is 0. The number of rotatable bonds is 3. The molecule has 0 aliphatic carbocycles. The maximum atomic E-state index is 11.4. The van der Waals surface area contributed by atoms with Crippen molar-refractivity contribution in [3.05, 3.63) is 0 Å². The van der Waals surface area contributed by atoms with Crippen LogP contribution in [0.2, 0.25) is 0 Å². The maximum Gasteiger partial charge on any atom is 0.407 e. The molecule has 17 heavy (non-hydrogen) atoms. The minimum absolute atomic E-state index is 0.0182. The van der Waals surface area contributed by atoms with E-state index in [1.165, 1.54) is 0 Å². The Labute approximate surface area is 98.3 Å². The number of nitrogens with one attached hydrogen (secondary N) is 3. The molecule has 7 nitrogen and oxygen atoms in total. The fraction of sp³-hybridized carbons (Fsp3) is 0.700. The summed E-state index contributed by atoms with van der Waals surface area (Å²) in [6.45, 7) is 1.23. The Morgan fingerprint density at radius 2 is 2.29 bits per heavy atom. The van der Waals surface area contributed by atoms with E-state index >= 15 is 0 Å². The molecule has 0 aromatic rings. The van der Waals surface area contributed by atoms with Crippen molar-refractivity contribution < 1.29 is 19.1 Å². The lowest BCUT2D eigenvalue weighted by atomic mass is 10.2. The molecule has 0 aromatic heterocycles. The van der Waals surface area contributed by atoms with E-state index in [1.54, 1.807) is 0 Å². The van der Waals surface area contributed by atoms with Gasteiger partial charge in [-0.1, -0.05) is 0 Å². The van der Waals surface area contributed by atoms with Gasteiger partial charge in [-0.15, -0.1) is 0 Å². The zero-order valence-electron chi connectivity index (χ0n) is 9.32. The molecule has 3 N–H and O–H groups in total. The highest BCUT2D eigenvalue weighted by atomic mass is 16.5. The van der Waals surface area contributed by atoms with E-state index in [9.17, 15) is 14.4 Å². The summed E-state index contributed by atoms with van der Waals surface area (Å²) in [6, 6.07) is -0.605. The third-order valence-electron chi connectivity index (χ3n) is 2.84. The summed E-state index contributed by atoms with van der Waals surface area (Å²) in [4.78, 5) is 33.4. The SMILES string of the molecule is O=C1C[C@H](NC(=O)OC[C@@H]2CCCN2)C(=O)N1. The molecule has 0 bridgehead atoms. The summed E-state index contributed by atoms with van der Waals surface area (Å²) in [5.41, 5.74) is 0. The topological polar surface area (TPSA) is 96.5 Å². The molecule has 7 heteroatoms. The molecule has 2 fully saturated rings. The van der Waals surface area contributed by atoms with Crippen molar-refractivity contribution in [1.82, 2.24) is 16.0 Å². The largest absolute Gasteiger partial charge is 0.448 e. The monoisotopic (exact) mass is 241 g/mol. The van der Waals surface area contributed by atoms with Gasteiger partial charge < -0.3 is 15.4 Å². The van der Waals surface area contributed by atoms with E-state index in [4.69, 9.17) is 4.74 Å². The number of hydrogen-bond acceptors (Lipinski definition) is 5. The molecule has 0 unspecified atom stereocenters. The van der Waals surface area contributed by atoms with E-state index in [-0.39, 0.29) is 25.0 Å². The third-order valence-corrected chi connectivity index (χ3v) is 2.84. The number of ether oxygens (including phenoxy) is 1. The summed E-state index contributed by atoms with van der Waals surface area (Å²) in [6.07, 6.45) is 1.38. The Morgan fingerprint density at radius 3 is 2.88 bits per heavy atom. The molecule has 0 aromatic carbocycles. The first kappa shape index (κ1) is 11.8. The van der Waals surface area contributed by atoms with Crippen LogP contribution in [0.25, 0.3) is 0 Å². The smallest absolute Gasteiger partial charge is 0.407 e. The molecule has 2 heterocycles. The Hall–Kier alpha value is -1.63. The average Bonchev–Trinajstić information content (AvgIpc) is 2.87. The van der Waals surface area contributed by atoms with Crippen LogP contribution in [0.5, 0.6) is 0 Å². The molecule has 3 amide bonds. The van der Waals surface area contributed by atoms with Gasteiger partial charge in [0.25, 0.3) is 0 Å². The molecule has 0 saturated carbocycles. The van der Waals surface area contributed by atoms with Crippen LogP contribution in [-0.4, -0.2) is 43.1 Å². The lowest BCUT2D eigenvalue weighted by Gasteiger charge is -2.13. The highest BCUT2D eigenvalue weighted by molar-refractivity contribution is 6.06. The second-order valence-corrected chi connectivity index (χ2v) is 4.21. The first-order valence-corrected chi connectivity index (χ1v) is 5.65. The number of imide groups is 1. The maximum absolute atomic E-state index is 11.4. The number of carbonyl (C=O) groups excluding carboxylic acids is 3. The van der Waals surface area contributed by atoms with Gasteiger partial charge in [0.1, 0.15) is 12.6 Å². The van der Waals surface area contributed by atoms with Crippen LogP contribution in [-0.2, 0) is 14.3 Å². The van der Waals surface area contributed by atoms with Crippen molar-refractivity contribution in [3.63, 3.8) is 0 Å². The lowest BCUT2D eigenvalue weighted by molar-refractivity contribution is -0.125.